The molecular weight excluding hydrogens is 216 g/mol. The lowest BCUT2D eigenvalue weighted by molar-refractivity contribution is 0.227. The fourth-order valence-corrected chi connectivity index (χ4v) is 3.44. The largest absolute Gasteiger partial charge is 0.398 e. The third kappa shape index (κ3) is 2.77. The maximum Gasteiger partial charge on any atom is 0.0468 e. The highest BCUT2D eigenvalue weighted by molar-refractivity contribution is 7.10. The Morgan fingerprint density at radius 2 is 2.25 bits per heavy atom. The summed E-state index contributed by atoms with van der Waals surface area (Å²) in [5, 5.41) is 5.73. The van der Waals surface area contributed by atoms with Crippen LogP contribution in [0.25, 0.3) is 0 Å². The van der Waals surface area contributed by atoms with E-state index < -0.39 is 0 Å². The van der Waals surface area contributed by atoms with Gasteiger partial charge in [0.2, 0.25) is 0 Å². The molecule has 90 valence electrons. The molecule has 1 aliphatic carbocycles. The molecule has 0 aromatic carbocycles. The van der Waals surface area contributed by atoms with E-state index in [0.717, 1.165) is 24.1 Å². The van der Waals surface area contributed by atoms with E-state index in [-0.39, 0.29) is 0 Å². The molecule has 16 heavy (non-hydrogen) atoms. The Labute approximate surface area is 102 Å². The Bertz CT molecular complexity index is 334. The minimum atomic E-state index is 0.678. The lowest BCUT2D eigenvalue weighted by atomic mass is 9.80. The molecule has 0 amide bonds. The second-order valence-electron chi connectivity index (χ2n) is 5.18. The van der Waals surface area contributed by atoms with Crippen LogP contribution in [0, 0.1) is 11.8 Å². The van der Waals surface area contributed by atoms with E-state index in [1.54, 1.807) is 11.3 Å². The fourth-order valence-electron chi connectivity index (χ4n) is 2.69. The van der Waals surface area contributed by atoms with Crippen LogP contribution in [-0.4, -0.2) is 6.04 Å². The molecule has 3 N–H and O–H groups in total. The fraction of sp³-hybridized carbons (Fsp3) is 0.692. The lowest BCUT2D eigenvalue weighted by Gasteiger charge is -2.33. The first-order valence-electron chi connectivity index (χ1n) is 6.22. The number of hydrogen-bond acceptors (Lipinski definition) is 3. The molecule has 1 fully saturated rings. The van der Waals surface area contributed by atoms with Crippen LogP contribution in [0.15, 0.2) is 11.4 Å². The summed E-state index contributed by atoms with van der Waals surface area (Å²) >= 11 is 1.75. The Hall–Kier alpha value is -0.540. The molecule has 1 saturated carbocycles. The van der Waals surface area contributed by atoms with Crippen molar-refractivity contribution in [2.75, 3.05) is 5.73 Å². The topological polar surface area (TPSA) is 38.0 Å². The van der Waals surface area contributed by atoms with E-state index in [0.29, 0.717) is 6.04 Å². The highest BCUT2D eigenvalue weighted by Crippen LogP contribution is 2.29. The second-order valence-corrected chi connectivity index (χ2v) is 6.18. The Morgan fingerprint density at radius 3 is 2.88 bits per heavy atom. The van der Waals surface area contributed by atoms with Gasteiger partial charge in [-0.25, -0.2) is 0 Å². The Kier molecular flexibility index (Phi) is 3.87. The minimum Gasteiger partial charge on any atom is -0.398 e. The van der Waals surface area contributed by atoms with Crippen molar-refractivity contribution in [3.63, 3.8) is 0 Å². The molecule has 2 nitrogen and oxygen atoms in total. The summed E-state index contributed by atoms with van der Waals surface area (Å²) in [4.78, 5) is 1.28. The van der Waals surface area contributed by atoms with Crippen molar-refractivity contribution in [3.8, 4) is 0 Å². The predicted molar refractivity (Wildman–Crippen MR) is 71.5 cm³/mol. The Balaban J connectivity index is 1.84. The molecule has 0 bridgehead atoms. The highest BCUT2D eigenvalue weighted by atomic mass is 32.1. The number of nitrogens with one attached hydrogen (secondary N) is 1. The smallest absolute Gasteiger partial charge is 0.0468 e. The Morgan fingerprint density at radius 1 is 1.44 bits per heavy atom. The molecular formula is C13H22N2S. The zero-order valence-electron chi connectivity index (χ0n) is 10.2. The SMILES string of the molecule is CC1CCC(NCc2sccc2N)C(C)C1. The number of nitrogen functional groups attached to an aromatic ring is 1. The summed E-state index contributed by atoms with van der Waals surface area (Å²) in [5.74, 6) is 1.70. The van der Waals surface area contributed by atoms with Gasteiger partial charge in [-0.2, -0.15) is 0 Å². The molecule has 1 aromatic rings. The van der Waals surface area contributed by atoms with Crippen LogP contribution >= 0.6 is 11.3 Å². The molecule has 3 heteroatoms. The van der Waals surface area contributed by atoms with Crippen molar-refractivity contribution in [2.45, 2.75) is 45.7 Å². The van der Waals surface area contributed by atoms with Crippen LogP contribution in [0.5, 0.6) is 0 Å². The van der Waals surface area contributed by atoms with Crippen LogP contribution in [0.1, 0.15) is 38.0 Å². The maximum atomic E-state index is 5.88. The van der Waals surface area contributed by atoms with Crippen molar-refractivity contribution in [1.29, 1.82) is 0 Å². The molecule has 1 aliphatic rings. The molecule has 1 heterocycles. The van der Waals surface area contributed by atoms with Crippen LogP contribution in [-0.2, 0) is 6.54 Å². The molecule has 0 radical (unpaired) electrons. The quantitative estimate of drug-likeness (QED) is 0.848. The zero-order chi connectivity index (χ0) is 11.5. The standard InChI is InChI=1S/C13H22N2S/c1-9-3-4-12(10(2)7-9)15-8-13-11(14)5-6-16-13/h5-6,9-10,12,15H,3-4,7-8,14H2,1-2H3. The van der Waals surface area contributed by atoms with Crippen LogP contribution in [0.4, 0.5) is 5.69 Å². The van der Waals surface area contributed by atoms with Gasteiger partial charge in [-0.15, -0.1) is 11.3 Å². The van der Waals surface area contributed by atoms with Gasteiger partial charge in [-0.3, -0.25) is 0 Å². The average Bonchev–Trinajstić information content (AvgIpc) is 2.63. The normalized spacial score (nSPS) is 30.5. The van der Waals surface area contributed by atoms with E-state index in [2.05, 4.69) is 24.5 Å². The van der Waals surface area contributed by atoms with E-state index in [1.807, 2.05) is 6.07 Å². The van der Waals surface area contributed by atoms with Crippen molar-refractivity contribution >= 4 is 17.0 Å². The van der Waals surface area contributed by atoms with E-state index in [9.17, 15) is 0 Å². The molecule has 3 unspecified atom stereocenters. The van der Waals surface area contributed by atoms with Gasteiger partial charge >= 0.3 is 0 Å². The van der Waals surface area contributed by atoms with Gasteiger partial charge in [-0.05, 0) is 42.5 Å². The molecule has 3 atom stereocenters. The number of thiophene rings is 1. The molecule has 1 aromatic heterocycles. The van der Waals surface area contributed by atoms with E-state index in [4.69, 9.17) is 5.73 Å². The van der Waals surface area contributed by atoms with Crippen molar-refractivity contribution in [3.05, 3.63) is 16.3 Å². The van der Waals surface area contributed by atoms with Gasteiger partial charge in [0, 0.05) is 23.2 Å². The molecule has 0 aliphatic heterocycles. The third-order valence-corrected chi connectivity index (χ3v) is 4.67. The number of hydrogen-bond donors (Lipinski definition) is 2. The molecule has 0 saturated heterocycles. The highest BCUT2D eigenvalue weighted by Gasteiger charge is 2.24. The predicted octanol–water partition coefficient (Wildman–Crippen LogP) is 3.24. The number of anilines is 1. The van der Waals surface area contributed by atoms with Crippen molar-refractivity contribution < 1.29 is 0 Å². The van der Waals surface area contributed by atoms with Gasteiger partial charge < -0.3 is 11.1 Å². The first kappa shape index (κ1) is 11.9. The monoisotopic (exact) mass is 238 g/mol. The summed E-state index contributed by atoms with van der Waals surface area (Å²) < 4.78 is 0. The summed E-state index contributed by atoms with van der Waals surface area (Å²) in [6.45, 7) is 5.67. The first-order chi connectivity index (χ1) is 7.66. The van der Waals surface area contributed by atoms with Crippen molar-refractivity contribution in [1.82, 2.24) is 5.32 Å². The van der Waals surface area contributed by atoms with Crippen LogP contribution in [0.2, 0.25) is 0 Å². The van der Waals surface area contributed by atoms with Gasteiger partial charge in [0.15, 0.2) is 0 Å². The second kappa shape index (κ2) is 5.19. The first-order valence-corrected chi connectivity index (χ1v) is 7.10. The summed E-state index contributed by atoms with van der Waals surface area (Å²) in [7, 11) is 0. The summed E-state index contributed by atoms with van der Waals surface area (Å²) in [6, 6.07) is 2.67. The third-order valence-electron chi connectivity index (χ3n) is 3.74. The van der Waals surface area contributed by atoms with E-state index in [1.165, 1.54) is 24.1 Å². The van der Waals surface area contributed by atoms with Gasteiger partial charge in [0.1, 0.15) is 0 Å². The molecule has 2 rings (SSSR count). The van der Waals surface area contributed by atoms with Gasteiger partial charge in [-0.1, -0.05) is 13.8 Å². The van der Waals surface area contributed by atoms with Gasteiger partial charge in [0.25, 0.3) is 0 Å². The molecule has 0 spiro atoms. The number of nitrogens with two attached hydrogens (primary N) is 1. The van der Waals surface area contributed by atoms with Crippen LogP contribution < -0.4 is 11.1 Å². The van der Waals surface area contributed by atoms with Crippen molar-refractivity contribution in [2.24, 2.45) is 11.8 Å². The summed E-state index contributed by atoms with van der Waals surface area (Å²) in [5.41, 5.74) is 6.82. The number of rotatable bonds is 3. The summed E-state index contributed by atoms with van der Waals surface area (Å²) in [6.07, 6.45) is 4.03. The maximum absolute atomic E-state index is 5.88. The average molecular weight is 238 g/mol. The van der Waals surface area contributed by atoms with Crippen LogP contribution in [0.3, 0.4) is 0 Å². The van der Waals surface area contributed by atoms with E-state index >= 15 is 0 Å². The van der Waals surface area contributed by atoms with Gasteiger partial charge in [0.05, 0.1) is 0 Å². The lowest BCUT2D eigenvalue weighted by Crippen LogP contribution is -2.38. The minimum absolute atomic E-state index is 0.678. The zero-order valence-corrected chi connectivity index (χ0v) is 11.0.